The Labute approximate surface area is 111 Å². The maximum absolute atomic E-state index is 6.19. The van der Waals surface area contributed by atoms with Crippen LogP contribution in [0.2, 0.25) is 0 Å². The summed E-state index contributed by atoms with van der Waals surface area (Å²) in [4.78, 5) is 0. The van der Waals surface area contributed by atoms with Crippen molar-refractivity contribution in [2.24, 2.45) is 0 Å². The number of thioether (sulfide) groups is 1. The van der Waals surface area contributed by atoms with Crippen molar-refractivity contribution in [3.63, 3.8) is 0 Å². The predicted molar refractivity (Wildman–Crippen MR) is 80.0 cm³/mol. The zero-order valence-electron chi connectivity index (χ0n) is 10.4. The molecule has 0 atom stereocenters. The van der Waals surface area contributed by atoms with Crippen molar-refractivity contribution in [2.45, 2.75) is 24.0 Å². The molecule has 0 saturated heterocycles. The molecule has 2 rings (SSSR count). The van der Waals surface area contributed by atoms with Gasteiger partial charge in [-0.25, -0.2) is 0 Å². The first-order valence-electron chi connectivity index (χ1n) is 5.66. The average molecular weight is 263 g/mol. The summed E-state index contributed by atoms with van der Waals surface area (Å²) in [5, 5.41) is 0.934. The van der Waals surface area contributed by atoms with Gasteiger partial charge in [-0.2, -0.15) is 0 Å². The molecule has 0 radical (unpaired) electrons. The Hall–Kier alpha value is -0.930. The van der Waals surface area contributed by atoms with Crippen molar-refractivity contribution in [2.75, 3.05) is 12.0 Å². The van der Waals surface area contributed by atoms with Crippen LogP contribution in [0.5, 0.6) is 0 Å². The highest BCUT2D eigenvalue weighted by molar-refractivity contribution is 8.00. The zero-order chi connectivity index (χ0) is 12.4. The molecule has 90 valence electrons. The number of hydrogen-bond acceptors (Lipinski definition) is 3. The Kier molecular flexibility index (Phi) is 3.79. The van der Waals surface area contributed by atoms with Gasteiger partial charge in [0.2, 0.25) is 0 Å². The van der Waals surface area contributed by atoms with Gasteiger partial charge in [-0.1, -0.05) is 44.2 Å². The van der Waals surface area contributed by atoms with Gasteiger partial charge in [-0.15, -0.1) is 23.1 Å². The maximum Gasteiger partial charge on any atom is 0.0950 e. The molecule has 2 aromatic rings. The minimum absolute atomic E-state index is 0.501. The van der Waals surface area contributed by atoms with Gasteiger partial charge in [-0.05, 0) is 23.3 Å². The normalized spacial score (nSPS) is 11.1. The molecule has 2 N–H and O–H groups in total. The fraction of sp³-hybridized carbons (Fsp3) is 0.286. The summed E-state index contributed by atoms with van der Waals surface area (Å²) in [6.45, 7) is 4.46. The molecule has 17 heavy (non-hydrogen) atoms. The van der Waals surface area contributed by atoms with Crippen LogP contribution in [-0.2, 0) is 0 Å². The minimum atomic E-state index is 0.501. The SMILES string of the molecule is CSc1sc(N)c(-c2ccccc2)c1C(C)C. The highest BCUT2D eigenvalue weighted by Crippen LogP contribution is 2.46. The van der Waals surface area contributed by atoms with Crippen LogP contribution >= 0.6 is 23.1 Å². The first-order chi connectivity index (χ1) is 8.15. The number of anilines is 1. The first kappa shape index (κ1) is 12.5. The second kappa shape index (κ2) is 5.15. The van der Waals surface area contributed by atoms with Crippen molar-refractivity contribution in [1.29, 1.82) is 0 Å². The van der Waals surface area contributed by atoms with E-state index in [1.165, 1.54) is 20.9 Å². The van der Waals surface area contributed by atoms with Crippen LogP contribution in [0.15, 0.2) is 34.5 Å². The molecule has 1 aromatic heterocycles. The van der Waals surface area contributed by atoms with Crippen molar-refractivity contribution in [1.82, 2.24) is 0 Å². The lowest BCUT2D eigenvalue weighted by Crippen LogP contribution is -1.92. The highest BCUT2D eigenvalue weighted by atomic mass is 32.2. The molecule has 0 amide bonds. The molecule has 0 aliphatic carbocycles. The monoisotopic (exact) mass is 263 g/mol. The second-order valence-electron chi connectivity index (χ2n) is 4.27. The largest absolute Gasteiger partial charge is 0.390 e. The molecule has 0 aliphatic rings. The third-order valence-electron chi connectivity index (χ3n) is 2.76. The van der Waals surface area contributed by atoms with E-state index in [1.54, 1.807) is 23.1 Å². The molecule has 0 aliphatic heterocycles. The topological polar surface area (TPSA) is 26.0 Å². The van der Waals surface area contributed by atoms with Crippen molar-refractivity contribution >= 4 is 28.1 Å². The van der Waals surface area contributed by atoms with Crippen molar-refractivity contribution in [3.05, 3.63) is 35.9 Å². The summed E-state index contributed by atoms with van der Waals surface area (Å²) in [6.07, 6.45) is 2.12. The van der Waals surface area contributed by atoms with E-state index in [9.17, 15) is 0 Å². The summed E-state index contributed by atoms with van der Waals surface area (Å²) < 4.78 is 1.34. The summed E-state index contributed by atoms with van der Waals surface area (Å²) in [5.41, 5.74) is 10.0. The molecule has 0 fully saturated rings. The van der Waals surface area contributed by atoms with E-state index in [4.69, 9.17) is 5.73 Å². The van der Waals surface area contributed by atoms with Crippen molar-refractivity contribution < 1.29 is 0 Å². The van der Waals surface area contributed by atoms with Gasteiger partial charge in [0.05, 0.1) is 9.21 Å². The van der Waals surface area contributed by atoms with Gasteiger partial charge in [0.15, 0.2) is 0 Å². The quantitative estimate of drug-likeness (QED) is 0.802. The molecule has 0 spiro atoms. The van der Waals surface area contributed by atoms with Crippen LogP contribution in [-0.4, -0.2) is 6.26 Å². The maximum atomic E-state index is 6.19. The number of hydrogen-bond donors (Lipinski definition) is 1. The van der Waals surface area contributed by atoms with E-state index in [1.807, 2.05) is 6.07 Å². The number of nitrogen functional groups attached to an aromatic ring is 1. The predicted octanol–water partition coefficient (Wildman–Crippen LogP) is 4.84. The van der Waals surface area contributed by atoms with E-state index >= 15 is 0 Å². The lowest BCUT2D eigenvalue weighted by atomic mass is 9.96. The summed E-state index contributed by atoms with van der Waals surface area (Å²) >= 11 is 3.50. The van der Waals surface area contributed by atoms with Gasteiger partial charge < -0.3 is 5.73 Å². The van der Waals surface area contributed by atoms with E-state index in [2.05, 4.69) is 44.4 Å². The Morgan fingerprint density at radius 1 is 1.18 bits per heavy atom. The Morgan fingerprint density at radius 2 is 1.82 bits per heavy atom. The lowest BCUT2D eigenvalue weighted by molar-refractivity contribution is 0.857. The van der Waals surface area contributed by atoms with Crippen LogP contribution in [0.4, 0.5) is 5.00 Å². The third kappa shape index (κ3) is 2.35. The first-order valence-corrected chi connectivity index (χ1v) is 7.70. The molecule has 1 heterocycles. The van der Waals surface area contributed by atoms with Crippen LogP contribution in [0.1, 0.15) is 25.3 Å². The highest BCUT2D eigenvalue weighted by Gasteiger charge is 2.19. The number of rotatable bonds is 3. The van der Waals surface area contributed by atoms with E-state index in [-0.39, 0.29) is 0 Å². The fourth-order valence-electron chi connectivity index (χ4n) is 2.02. The second-order valence-corrected chi connectivity index (χ2v) is 6.39. The third-order valence-corrected chi connectivity index (χ3v) is 4.93. The number of benzene rings is 1. The summed E-state index contributed by atoms with van der Waals surface area (Å²) in [5.74, 6) is 0.501. The minimum Gasteiger partial charge on any atom is -0.390 e. The van der Waals surface area contributed by atoms with E-state index in [0.29, 0.717) is 5.92 Å². The van der Waals surface area contributed by atoms with Crippen molar-refractivity contribution in [3.8, 4) is 11.1 Å². The van der Waals surface area contributed by atoms with Gasteiger partial charge in [0.25, 0.3) is 0 Å². The molecular formula is C14H17NS2. The molecule has 0 unspecified atom stereocenters. The molecule has 0 bridgehead atoms. The van der Waals surface area contributed by atoms with E-state index < -0.39 is 0 Å². The number of nitrogens with two attached hydrogens (primary N) is 1. The van der Waals surface area contributed by atoms with Gasteiger partial charge >= 0.3 is 0 Å². The summed E-state index contributed by atoms with van der Waals surface area (Å²) in [6, 6.07) is 10.4. The van der Waals surface area contributed by atoms with Gasteiger partial charge in [0.1, 0.15) is 0 Å². The Balaban J connectivity index is 2.64. The Morgan fingerprint density at radius 3 is 2.35 bits per heavy atom. The number of thiophene rings is 1. The van der Waals surface area contributed by atoms with Gasteiger partial charge in [0, 0.05) is 5.56 Å². The van der Waals surface area contributed by atoms with Crippen LogP contribution in [0, 0.1) is 0 Å². The Bertz CT molecular complexity index is 500. The zero-order valence-corrected chi connectivity index (χ0v) is 12.0. The van der Waals surface area contributed by atoms with Gasteiger partial charge in [-0.3, -0.25) is 0 Å². The van der Waals surface area contributed by atoms with Crippen LogP contribution < -0.4 is 5.73 Å². The molecular weight excluding hydrogens is 246 g/mol. The standard InChI is InChI=1S/C14H17NS2/c1-9(2)11-12(10-7-5-4-6-8-10)13(15)17-14(11)16-3/h4-9H,15H2,1-3H3. The molecule has 1 aromatic carbocycles. The molecule has 0 saturated carbocycles. The average Bonchev–Trinajstić information content (AvgIpc) is 2.67. The summed E-state index contributed by atoms with van der Waals surface area (Å²) in [7, 11) is 0. The van der Waals surface area contributed by atoms with E-state index in [0.717, 1.165) is 5.00 Å². The molecule has 1 nitrogen and oxygen atoms in total. The molecule has 3 heteroatoms. The fourth-order valence-corrected chi connectivity index (χ4v) is 4.16. The smallest absolute Gasteiger partial charge is 0.0950 e. The van der Waals surface area contributed by atoms with Crippen LogP contribution in [0.3, 0.4) is 0 Å². The van der Waals surface area contributed by atoms with Crippen LogP contribution in [0.25, 0.3) is 11.1 Å². The lowest BCUT2D eigenvalue weighted by Gasteiger charge is -2.10.